The third-order valence-electron chi connectivity index (χ3n) is 2.62. The predicted octanol–water partition coefficient (Wildman–Crippen LogP) is 0.979. The second kappa shape index (κ2) is 3.12. The minimum Gasteiger partial charge on any atom is -0.272 e. The molecule has 0 spiro atoms. The molecule has 76 valence electrons. The van der Waals surface area contributed by atoms with Crippen molar-refractivity contribution in [3.05, 3.63) is 18.3 Å². The number of carbonyl (C=O) groups excluding carboxylic acids is 1. The summed E-state index contributed by atoms with van der Waals surface area (Å²) in [5.41, 5.74) is 1.01. The van der Waals surface area contributed by atoms with E-state index in [1.165, 1.54) is 17.9 Å². The highest BCUT2D eigenvalue weighted by atomic mass is 16.2. The zero-order chi connectivity index (χ0) is 10.3. The molecule has 3 rings (SSSR count). The molecule has 0 bridgehead atoms. The van der Waals surface area contributed by atoms with E-state index >= 15 is 0 Å². The van der Waals surface area contributed by atoms with Gasteiger partial charge in [-0.2, -0.15) is 15.2 Å². The van der Waals surface area contributed by atoms with Crippen LogP contribution in [0.2, 0.25) is 0 Å². The van der Waals surface area contributed by atoms with Crippen molar-refractivity contribution in [3.8, 4) is 0 Å². The molecule has 1 aromatic rings. The molecule has 0 unspecified atom stereocenters. The van der Waals surface area contributed by atoms with Crippen LogP contribution in [0.25, 0.3) is 0 Å². The van der Waals surface area contributed by atoms with Gasteiger partial charge < -0.3 is 0 Å². The number of hydrogen-bond donors (Lipinski definition) is 0. The lowest BCUT2D eigenvalue weighted by Crippen LogP contribution is -2.20. The maximum Gasteiger partial charge on any atom is 0.254 e. The van der Waals surface area contributed by atoms with Crippen LogP contribution >= 0.6 is 0 Å². The Balaban J connectivity index is 1.90. The molecule has 5 nitrogen and oxygen atoms in total. The lowest BCUT2D eigenvalue weighted by atomic mass is 10.2. The van der Waals surface area contributed by atoms with Gasteiger partial charge in [0.05, 0.1) is 12.1 Å². The average molecular weight is 202 g/mol. The second-order valence-electron chi connectivity index (χ2n) is 3.83. The molecule has 1 amide bonds. The summed E-state index contributed by atoms with van der Waals surface area (Å²) in [6, 6.07) is 3.49. The Kier molecular flexibility index (Phi) is 1.77. The van der Waals surface area contributed by atoms with Crippen LogP contribution in [-0.2, 0) is 4.79 Å². The predicted molar refractivity (Wildman–Crippen MR) is 54.3 cm³/mol. The van der Waals surface area contributed by atoms with Gasteiger partial charge in [-0.15, -0.1) is 5.10 Å². The summed E-state index contributed by atoms with van der Waals surface area (Å²) < 4.78 is 0. The highest BCUT2D eigenvalue weighted by Gasteiger charge is 2.35. The number of amides is 1. The number of nitrogens with zero attached hydrogens (tertiary/aromatic N) is 4. The Hall–Kier alpha value is -1.78. The van der Waals surface area contributed by atoms with E-state index in [9.17, 15) is 4.79 Å². The highest BCUT2D eigenvalue weighted by Crippen LogP contribution is 2.34. The van der Waals surface area contributed by atoms with Crippen molar-refractivity contribution in [1.82, 2.24) is 10.2 Å². The van der Waals surface area contributed by atoms with Crippen molar-refractivity contribution in [2.75, 3.05) is 5.01 Å². The van der Waals surface area contributed by atoms with E-state index in [4.69, 9.17) is 0 Å². The van der Waals surface area contributed by atoms with Gasteiger partial charge in [0.1, 0.15) is 0 Å². The monoisotopic (exact) mass is 202 g/mol. The SMILES string of the molecule is O=C1CC(C2CC2)=NN1c1cccnn1. The van der Waals surface area contributed by atoms with E-state index in [2.05, 4.69) is 15.3 Å². The fraction of sp³-hybridized carbons (Fsp3) is 0.400. The van der Waals surface area contributed by atoms with Gasteiger partial charge in [-0.05, 0) is 30.9 Å². The van der Waals surface area contributed by atoms with Gasteiger partial charge in [-0.1, -0.05) is 0 Å². The summed E-state index contributed by atoms with van der Waals surface area (Å²) in [7, 11) is 0. The maximum absolute atomic E-state index is 11.7. The van der Waals surface area contributed by atoms with Crippen molar-refractivity contribution in [3.63, 3.8) is 0 Å². The Labute approximate surface area is 86.8 Å². The van der Waals surface area contributed by atoms with Crippen molar-refractivity contribution < 1.29 is 4.79 Å². The van der Waals surface area contributed by atoms with Crippen molar-refractivity contribution in [2.45, 2.75) is 19.3 Å². The molecule has 1 saturated carbocycles. The van der Waals surface area contributed by atoms with Gasteiger partial charge >= 0.3 is 0 Å². The van der Waals surface area contributed by atoms with Gasteiger partial charge in [0.25, 0.3) is 5.91 Å². The Morgan fingerprint density at radius 1 is 1.40 bits per heavy atom. The van der Waals surface area contributed by atoms with Crippen molar-refractivity contribution in [1.29, 1.82) is 0 Å². The molecule has 1 aliphatic heterocycles. The molecular formula is C10H10N4O. The first kappa shape index (κ1) is 8.52. The minimum absolute atomic E-state index is 0.00241. The number of aromatic nitrogens is 2. The summed E-state index contributed by atoms with van der Waals surface area (Å²) in [5.74, 6) is 1.05. The van der Waals surface area contributed by atoms with E-state index in [0.717, 1.165) is 5.71 Å². The Bertz CT molecular complexity index is 424. The third kappa shape index (κ3) is 1.49. The van der Waals surface area contributed by atoms with Gasteiger partial charge in [0.2, 0.25) is 0 Å². The summed E-state index contributed by atoms with van der Waals surface area (Å²) in [4.78, 5) is 11.7. The van der Waals surface area contributed by atoms with Crippen LogP contribution in [0.15, 0.2) is 23.4 Å². The zero-order valence-corrected chi connectivity index (χ0v) is 8.13. The van der Waals surface area contributed by atoms with Crippen LogP contribution in [0.1, 0.15) is 19.3 Å². The topological polar surface area (TPSA) is 58.5 Å². The quantitative estimate of drug-likeness (QED) is 0.718. The first-order chi connectivity index (χ1) is 7.34. The van der Waals surface area contributed by atoms with Crippen LogP contribution in [0, 0.1) is 5.92 Å². The number of hydrazone groups is 1. The van der Waals surface area contributed by atoms with Crippen LogP contribution in [0.4, 0.5) is 5.82 Å². The molecule has 0 aromatic carbocycles. The number of anilines is 1. The normalized spacial score (nSPS) is 20.7. The van der Waals surface area contributed by atoms with Gasteiger partial charge in [0.15, 0.2) is 5.82 Å². The fourth-order valence-electron chi connectivity index (χ4n) is 1.68. The van der Waals surface area contributed by atoms with Crippen molar-refractivity contribution >= 4 is 17.4 Å². The van der Waals surface area contributed by atoms with E-state index in [0.29, 0.717) is 18.2 Å². The Morgan fingerprint density at radius 3 is 2.93 bits per heavy atom. The number of rotatable bonds is 2. The number of hydrogen-bond acceptors (Lipinski definition) is 4. The summed E-state index contributed by atoms with van der Waals surface area (Å²) in [5, 5.41) is 13.3. The van der Waals surface area contributed by atoms with Crippen molar-refractivity contribution in [2.24, 2.45) is 11.0 Å². The van der Waals surface area contributed by atoms with Crippen LogP contribution in [-0.4, -0.2) is 21.8 Å². The molecule has 0 saturated heterocycles. The molecule has 1 fully saturated rings. The lowest BCUT2D eigenvalue weighted by Gasteiger charge is -2.07. The third-order valence-corrected chi connectivity index (χ3v) is 2.62. The zero-order valence-electron chi connectivity index (χ0n) is 8.13. The summed E-state index contributed by atoms with van der Waals surface area (Å²) in [6.07, 6.45) is 4.36. The van der Waals surface area contributed by atoms with E-state index in [1.807, 2.05) is 0 Å². The van der Waals surface area contributed by atoms with E-state index < -0.39 is 0 Å². The van der Waals surface area contributed by atoms with Crippen LogP contribution < -0.4 is 5.01 Å². The fourth-order valence-corrected chi connectivity index (χ4v) is 1.68. The summed E-state index contributed by atoms with van der Waals surface area (Å²) in [6.45, 7) is 0. The molecule has 0 atom stereocenters. The van der Waals surface area contributed by atoms with E-state index in [1.54, 1.807) is 18.3 Å². The standard InChI is InChI=1S/C10H10N4O/c15-10-6-8(7-3-4-7)13-14(10)9-2-1-5-11-12-9/h1-2,5,7H,3-4,6H2. The van der Waals surface area contributed by atoms with Crippen LogP contribution in [0.3, 0.4) is 0 Å². The molecule has 15 heavy (non-hydrogen) atoms. The van der Waals surface area contributed by atoms with Gasteiger partial charge in [0, 0.05) is 6.20 Å². The minimum atomic E-state index is -0.00241. The number of carbonyl (C=O) groups is 1. The molecule has 1 aromatic heterocycles. The second-order valence-corrected chi connectivity index (χ2v) is 3.83. The van der Waals surface area contributed by atoms with Crippen LogP contribution in [0.5, 0.6) is 0 Å². The van der Waals surface area contributed by atoms with Gasteiger partial charge in [-0.25, -0.2) is 0 Å². The molecule has 5 heteroatoms. The highest BCUT2D eigenvalue weighted by molar-refractivity contribution is 6.13. The molecule has 2 aliphatic rings. The maximum atomic E-state index is 11.7. The molecule has 0 radical (unpaired) electrons. The molecular weight excluding hydrogens is 192 g/mol. The molecule has 2 heterocycles. The summed E-state index contributed by atoms with van der Waals surface area (Å²) >= 11 is 0. The largest absolute Gasteiger partial charge is 0.272 e. The average Bonchev–Trinajstić information content (AvgIpc) is 3.04. The smallest absolute Gasteiger partial charge is 0.254 e. The van der Waals surface area contributed by atoms with E-state index in [-0.39, 0.29) is 5.91 Å². The first-order valence-corrected chi connectivity index (χ1v) is 5.02. The molecule has 1 aliphatic carbocycles. The lowest BCUT2D eigenvalue weighted by molar-refractivity contribution is -0.117. The molecule has 0 N–H and O–H groups in total. The van der Waals surface area contributed by atoms with Gasteiger partial charge in [-0.3, -0.25) is 4.79 Å². The Morgan fingerprint density at radius 2 is 2.27 bits per heavy atom. The first-order valence-electron chi connectivity index (χ1n) is 5.02.